The molecule has 14 heavy (non-hydrogen) atoms. The summed E-state index contributed by atoms with van der Waals surface area (Å²) in [5.41, 5.74) is 2.95. The van der Waals surface area contributed by atoms with Crippen molar-refractivity contribution in [3.05, 3.63) is 29.3 Å². The van der Waals surface area contributed by atoms with E-state index in [2.05, 4.69) is 25.1 Å². The maximum atomic E-state index is 5.38. The van der Waals surface area contributed by atoms with Crippen molar-refractivity contribution in [1.29, 1.82) is 0 Å². The van der Waals surface area contributed by atoms with Gasteiger partial charge in [-0.2, -0.15) is 0 Å². The van der Waals surface area contributed by atoms with E-state index in [-0.39, 0.29) is 0 Å². The van der Waals surface area contributed by atoms with Crippen LogP contribution in [0.2, 0.25) is 0 Å². The van der Waals surface area contributed by atoms with Crippen molar-refractivity contribution in [2.24, 2.45) is 5.92 Å². The highest BCUT2D eigenvalue weighted by Crippen LogP contribution is 2.32. The lowest BCUT2D eigenvalue weighted by Crippen LogP contribution is -2.14. The Hall–Kier alpha value is -0.980. The van der Waals surface area contributed by atoms with Crippen molar-refractivity contribution >= 4 is 0 Å². The first-order valence-electron chi connectivity index (χ1n) is 5.50. The summed E-state index contributed by atoms with van der Waals surface area (Å²) in [6.45, 7) is 2.29. The van der Waals surface area contributed by atoms with Crippen molar-refractivity contribution in [2.45, 2.75) is 32.6 Å². The predicted molar refractivity (Wildman–Crippen MR) is 58.8 cm³/mol. The second kappa shape index (κ2) is 4.04. The minimum atomic E-state index is 0.884. The first-order chi connectivity index (χ1) is 6.85. The molecule has 1 heteroatoms. The van der Waals surface area contributed by atoms with E-state index in [9.17, 15) is 0 Å². The molecular formula is C13H18O. The van der Waals surface area contributed by atoms with E-state index in [4.69, 9.17) is 4.74 Å². The highest BCUT2D eigenvalue weighted by molar-refractivity contribution is 5.41. The Morgan fingerprint density at radius 1 is 1.43 bits per heavy atom. The van der Waals surface area contributed by atoms with Gasteiger partial charge in [0.15, 0.2) is 0 Å². The van der Waals surface area contributed by atoms with Crippen molar-refractivity contribution in [3.63, 3.8) is 0 Å². The molecule has 0 N–H and O–H groups in total. The normalized spacial score (nSPS) is 20.3. The maximum Gasteiger partial charge on any atom is 0.122 e. The molecule has 1 atom stereocenters. The number of fused-ring (bicyclic) bond motifs is 1. The number of rotatable bonds is 2. The van der Waals surface area contributed by atoms with Crippen LogP contribution in [0.3, 0.4) is 0 Å². The van der Waals surface area contributed by atoms with E-state index in [1.165, 1.54) is 36.8 Å². The Balaban J connectivity index is 2.30. The molecule has 1 aliphatic rings. The van der Waals surface area contributed by atoms with E-state index < -0.39 is 0 Å². The molecule has 0 aliphatic heterocycles. The van der Waals surface area contributed by atoms with Crippen molar-refractivity contribution < 1.29 is 4.74 Å². The van der Waals surface area contributed by atoms with Gasteiger partial charge in [0.1, 0.15) is 5.75 Å². The highest BCUT2D eigenvalue weighted by Gasteiger charge is 2.19. The van der Waals surface area contributed by atoms with Crippen LogP contribution in [0.5, 0.6) is 5.75 Å². The van der Waals surface area contributed by atoms with Gasteiger partial charge in [-0.25, -0.2) is 0 Å². The highest BCUT2D eigenvalue weighted by atomic mass is 16.5. The maximum absolute atomic E-state index is 5.38. The molecule has 2 rings (SSSR count). The molecule has 1 aromatic rings. The van der Waals surface area contributed by atoms with Gasteiger partial charge < -0.3 is 4.74 Å². The third-order valence-electron chi connectivity index (χ3n) is 3.34. The summed E-state index contributed by atoms with van der Waals surface area (Å²) in [5, 5.41) is 0. The van der Waals surface area contributed by atoms with E-state index in [0.717, 1.165) is 11.7 Å². The Kier molecular flexibility index (Phi) is 2.76. The molecule has 0 amide bonds. The van der Waals surface area contributed by atoms with Crippen molar-refractivity contribution in [3.8, 4) is 5.75 Å². The molecule has 0 heterocycles. The zero-order chi connectivity index (χ0) is 9.97. The minimum absolute atomic E-state index is 0.884. The Labute approximate surface area is 86.1 Å². The fourth-order valence-electron chi connectivity index (χ4n) is 2.39. The molecule has 0 radical (unpaired) electrons. The van der Waals surface area contributed by atoms with Gasteiger partial charge in [0.2, 0.25) is 0 Å². The van der Waals surface area contributed by atoms with Gasteiger partial charge in [-0.05, 0) is 42.4 Å². The molecule has 0 aromatic heterocycles. The Morgan fingerprint density at radius 2 is 2.29 bits per heavy atom. The lowest BCUT2D eigenvalue weighted by molar-refractivity contribution is 0.392. The standard InChI is InChI=1S/C13H18O/c1-3-10-7-8-12-11(9-10)5-4-6-13(12)14-2/h4-6,10H,3,7-9H2,1-2H3. The predicted octanol–water partition coefficient (Wildman–Crippen LogP) is 3.21. The SMILES string of the molecule is CCC1CCc2c(cccc2OC)C1. The van der Waals surface area contributed by atoms with Gasteiger partial charge in [-0.3, -0.25) is 0 Å². The Morgan fingerprint density at radius 3 is 3.00 bits per heavy atom. The molecule has 0 saturated carbocycles. The summed E-state index contributed by atoms with van der Waals surface area (Å²) in [6, 6.07) is 6.43. The second-order valence-electron chi connectivity index (χ2n) is 4.12. The number of ether oxygens (including phenoxy) is 1. The van der Waals surface area contributed by atoms with Crippen LogP contribution in [-0.2, 0) is 12.8 Å². The number of benzene rings is 1. The topological polar surface area (TPSA) is 9.23 Å². The van der Waals surface area contributed by atoms with E-state index in [1.807, 2.05) is 0 Å². The van der Waals surface area contributed by atoms with Crippen LogP contribution >= 0.6 is 0 Å². The molecule has 0 saturated heterocycles. The molecule has 0 spiro atoms. The molecule has 76 valence electrons. The summed E-state index contributed by atoms with van der Waals surface area (Å²) in [7, 11) is 1.77. The lowest BCUT2D eigenvalue weighted by Gasteiger charge is -2.24. The fourth-order valence-corrected chi connectivity index (χ4v) is 2.39. The number of methoxy groups -OCH3 is 1. The third kappa shape index (κ3) is 1.63. The molecule has 1 unspecified atom stereocenters. The summed E-state index contributed by atoms with van der Waals surface area (Å²) in [4.78, 5) is 0. The van der Waals surface area contributed by atoms with Gasteiger partial charge >= 0.3 is 0 Å². The monoisotopic (exact) mass is 190 g/mol. The van der Waals surface area contributed by atoms with Crippen LogP contribution in [0.4, 0.5) is 0 Å². The zero-order valence-electron chi connectivity index (χ0n) is 9.05. The van der Waals surface area contributed by atoms with Gasteiger partial charge in [-0.15, -0.1) is 0 Å². The van der Waals surface area contributed by atoms with Gasteiger partial charge in [0.05, 0.1) is 7.11 Å². The molecule has 1 nitrogen and oxygen atoms in total. The smallest absolute Gasteiger partial charge is 0.122 e. The van der Waals surface area contributed by atoms with Crippen molar-refractivity contribution in [2.75, 3.05) is 7.11 Å². The first-order valence-corrected chi connectivity index (χ1v) is 5.50. The fraction of sp³-hybridized carbons (Fsp3) is 0.538. The van der Waals surface area contributed by atoms with Crippen LogP contribution in [0.15, 0.2) is 18.2 Å². The van der Waals surface area contributed by atoms with E-state index in [1.54, 1.807) is 7.11 Å². The van der Waals surface area contributed by atoms with Crippen LogP contribution in [0.1, 0.15) is 30.9 Å². The zero-order valence-corrected chi connectivity index (χ0v) is 9.05. The third-order valence-corrected chi connectivity index (χ3v) is 3.34. The van der Waals surface area contributed by atoms with Gasteiger partial charge in [0, 0.05) is 0 Å². The molecule has 1 aliphatic carbocycles. The summed E-state index contributed by atoms with van der Waals surface area (Å²) in [5.74, 6) is 1.96. The molecule has 0 fully saturated rings. The van der Waals surface area contributed by atoms with Crippen LogP contribution in [0.25, 0.3) is 0 Å². The van der Waals surface area contributed by atoms with E-state index >= 15 is 0 Å². The quantitative estimate of drug-likeness (QED) is 0.695. The average molecular weight is 190 g/mol. The molecule has 1 aromatic carbocycles. The number of hydrogen-bond donors (Lipinski definition) is 0. The Bertz CT molecular complexity index is 317. The summed E-state index contributed by atoms with van der Waals surface area (Å²) < 4.78 is 5.38. The molecular weight excluding hydrogens is 172 g/mol. The average Bonchev–Trinajstić information content (AvgIpc) is 2.27. The van der Waals surface area contributed by atoms with E-state index in [0.29, 0.717) is 0 Å². The van der Waals surface area contributed by atoms with Crippen LogP contribution < -0.4 is 4.74 Å². The van der Waals surface area contributed by atoms with Gasteiger partial charge in [0.25, 0.3) is 0 Å². The summed E-state index contributed by atoms with van der Waals surface area (Å²) in [6.07, 6.45) is 5.06. The minimum Gasteiger partial charge on any atom is -0.496 e. The second-order valence-corrected chi connectivity index (χ2v) is 4.12. The first kappa shape index (κ1) is 9.57. The van der Waals surface area contributed by atoms with Gasteiger partial charge in [-0.1, -0.05) is 25.5 Å². The number of hydrogen-bond acceptors (Lipinski definition) is 1. The molecule has 0 bridgehead atoms. The van der Waals surface area contributed by atoms with Crippen LogP contribution in [-0.4, -0.2) is 7.11 Å². The van der Waals surface area contributed by atoms with Crippen molar-refractivity contribution in [1.82, 2.24) is 0 Å². The lowest BCUT2D eigenvalue weighted by atomic mass is 9.82. The van der Waals surface area contributed by atoms with Crippen LogP contribution in [0, 0.1) is 5.92 Å². The summed E-state index contributed by atoms with van der Waals surface area (Å²) >= 11 is 0. The largest absolute Gasteiger partial charge is 0.496 e.